The molecule has 112 valence electrons. The molecule has 3 nitrogen and oxygen atoms in total. The molecule has 0 amide bonds. The van der Waals surface area contributed by atoms with E-state index < -0.39 is 0 Å². The maximum Gasteiger partial charge on any atom is 0.0624 e. The van der Waals surface area contributed by atoms with Gasteiger partial charge in [0.1, 0.15) is 0 Å². The van der Waals surface area contributed by atoms with Crippen LogP contribution in [0.2, 0.25) is 0 Å². The number of nitrogens with one attached hydrogen (secondary N) is 1. The molecule has 3 N–H and O–H groups in total. The van der Waals surface area contributed by atoms with E-state index in [0.717, 1.165) is 0 Å². The molecule has 0 aliphatic carbocycles. The molecule has 3 heteroatoms. The van der Waals surface area contributed by atoms with Gasteiger partial charge in [-0.15, -0.1) is 0 Å². The Morgan fingerprint density at radius 1 is 1.11 bits per heavy atom. The number of rotatable bonds is 10. The average molecular weight is 268 g/mol. The smallest absolute Gasteiger partial charge is 0.0624 e. The van der Waals surface area contributed by atoms with Crippen LogP contribution >= 0.6 is 0 Å². The first-order valence-corrected chi connectivity index (χ1v) is 8.46. The summed E-state index contributed by atoms with van der Waals surface area (Å²) >= 11 is 0. The fourth-order valence-corrected chi connectivity index (χ4v) is 3.84. The first kappa shape index (κ1) is 15.3. The minimum absolute atomic E-state index is 0.478. The van der Waals surface area contributed by atoms with Crippen molar-refractivity contribution >= 4 is 0 Å². The van der Waals surface area contributed by atoms with Crippen molar-refractivity contribution in [3.05, 3.63) is 0 Å². The zero-order valence-corrected chi connectivity index (χ0v) is 12.6. The summed E-state index contributed by atoms with van der Waals surface area (Å²) in [6.45, 7) is 2.27. The number of ether oxygens (including phenoxy) is 1. The molecule has 2 aliphatic rings. The average Bonchev–Trinajstić information content (AvgIpc) is 3.04. The van der Waals surface area contributed by atoms with Gasteiger partial charge in [-0.25, -0.2) is 0 Å². The Hall–Kier alpha value is -0.120. The van der Waals surface area contributed by atoms with E-state index in [0.29, 0.717) is 24.2 Å². The fourth-order valence-electron chi connectivity index (χ4n) is 3.84. The highest BCUT2D eigenvalue weighted by Gasteiger charge is 2.43. The van der Waals surface area contributed by atoms with Crippen LogP contribution in [-0.4, -0.2) is 18.2 Å². The summed E-state index contributed by atoms with van der Waals surface area (Å²) in [5.74, 6) is 6.43. The van der Waals surface area contributed by atoms with Gasteiger partial charge in [0.05, 0.1) is 12.2 Å². The van der Waals surface area contributed by atoms with Gasteiger partial charge in [0, 0.05) is 12.0 Å². The summed E-state index contributed by atoms with van der Waals surface area (Å²) in [5, 5.41) is 0. The predicted molar refractivity (Wildman–Crippen MR) is 79.7 cm³/mol. The Kier molecular flexibility index (Phi) is 6.62. The van der Waals surface area contributed by atoms with E-state index in [4.69, 9.17) is 10.6 Å². The van der Waals surface area contributed by atoms with Crippen LogP contribution in [0.5, 0.6) is 0 Å². The number of hydrogen-bond acceptors (Lipinski definition) is 3. The first-order chi connectivity index (χ1) is 9.35. The predicted octanol–water partition coefficient (Wildman–Crippen LogP) is 3.53. The number of hydrogen-bond donors (Lipinski definition) is 2. The van der Waals surface area contributed by atoms with E-state index in [1.165, 1.54) is 70.6 Å². The zero-order chi connectivity index (χ0) is 13.5. The third-order valence-corrected chi connectivity index (χ3v) is 5.00. The molecule has 2 fully saturated rings. The quantitative estimate of drug-likeness (QED) is 0.362. The molecular formula is C16H32N2O. The van der Waals surface area contributed by atoms with Gasteiger partial charge in [0.25, 0.3) is 0 Å². The highest BCUT2D eigenvalue weighted by molar-refractivity contribution is 4.94. The van der Waals surface area contributed by atoms with Crippen LogP contribution in [0.3, 0.4) is 0 Å². The van der Waals surface area contributed by atoms with Crippen LogP contribution in [0.1, 0.15) is 77.6 Å². The van der Waals surface area contributed by atoms with E-state index >= 15 is 0 Å². The lowest BCUT2D eigenvalue weighted by Crippen LogP contribution is -2.44. The fraction of sp³-hybridized carbons (Fsp3) is 1.00. The molecule has 4 unspecified atom stereocenters. The van der Waals surface area contributed by atoms with Crippen molar-refractivity contribution in [2.45, 2.75) is 95.8 Å². The third-order valence-electron chi connectivity index (χ3n) is 5.00. The van der Waals surface area contributed by atoms with Crippen molar-refractivity contribution in [2.24, 2.45) is 11.8 Å². The Morgan fingerprint density at radius 3 is 2.42 bits per heavy atom. The summed E-state index contributed by atoms with van der Waals surface area (Å²) in [7, 11) is 0. The Labute approximate surface area is 118 Å². The van der Waals surface area contributed by atoms with E-state index in [1.54, 1.807) is 0 Å². The van der Waals surface area contributed by atoms with Crippen LogP contribution in [-0.2, 0) is 4.74 Å². The van der Waals surface area contributed by atoms with E-state index in [2.05, 4.69) is 12.3 Å². The maximum absolute atomic E-state index is 5.94. The second-order valence-electron chi connectivity index (χ2n) is 6.46. The third kappa shape index (κ3) is 4.44. The van der Waals surface area contributed by atoms with Gasteiger partial charge in [-0.2, -0.15) is 0 Å². The number of nitrogens with two attached hydrogens (primary N) is 1. The number of unbranched alkanes of at least 4 members (excludes halogenated alkanes) is 6. The molecule has 2 aliphatic heterocycles. The summed E-state index contributed by atoms with van der Waals surface area (Å²) in [5.41, 5.74) is 3.06. The van der Waals surface area contributed by atoms with Crippen LogP contribution in [0.25, 0.3) is 0 Å². The molecule has 0 radical (unpaired) electrons. The topological polar surface area (TPSA) is 47.3 Å². The van der Waals surface area contributed by atoms with Gasteiger partial charge in [-0.05, 0) is 25.7 Å². The minimum Gasteiger partial charge on any atom is -0.375 e. The molecule has 4 atom stereocenters. The van der Waals surface area contributed by atoms with E-state index in [-0.39, 0.29) is 0 Å². The molecule has 2 saturated heterocycles. The van der Waals surface area contributed by atoms with E-state index in [9.17, 15) is 0 Å². The van der Waals surface area contributed by atoms with Crippen molar-refractivity contribution in [3.8, 4) is 0 Å². The van der Waals surface area contributed by atoms with Gasteiger partial charge in [0.2, 0.25) is 0 Å². The minimum atomic E-state index is 0.478. The molecule has 2 bridgehead atoms. The summed E-state index contributed by atoms with van der Waals surface area (Å²) in [6, 6.07) is 0.478. The lowest BCUT2D eigenvalue weighted by molar-refractivity contribution is 0.0847. The molecule has 0 spiro atoms. The molecule has 2 heterocycles. The van der Waals surface area contributed by atoms with Crippen LogP contribution in [0.15, 0.2) is 0 Å². The maximum atomic E-state index is 5.94. The van der Waals surface area contributed by atoms with E-state index in [1.807, 2.05) is 0 Å². The normalized spacial score (nSPS) is 30.9. The molecule has 2 rings (SSSR count). The van der Waals surface area contributed by atoms with Gasteiger partial charge in [-0.3, -0.25) is 11.3 Å². The Bertz CT molecular complexity index is 247. The summed E-state index contributed by atoms with van der Waals surface area (Å²) in [6.07, 6.45) is 15.6. The summed E-state index contributed by atoms with van der Waals surface area (Å²) in [4.78, 5) is 0. The monoisotopic (exact) mass is 268 g/mol. The van der Waals surface area contributed by atoms with Crippen molar-refractivity contribution < 1.29 is 4.74 Å². The Morgan fingerprint density at radius 2 is 1.84 bits per heavy atom. The lowest BCUT2D eigenvalue weighted by atomic mass is 9.82. The highest BCUT2D eigenvalue weighted by atomic mass is 16.5. The van der Waals surface area contributed by atoms with Gasteiger partial charge in [0.15, 0.2) is 0 Å². The second kappa shape index (κ2) is 8.23. The van der Waals surface area contributed by atoms with Crippen LogP contribution in [0.4, 0.5) is 0 Å². The van der Waals surface area contributed by atoms with Crippen LogP contribution < -0.4 is 11.3 Å². The first-order valence-electron chi connectivity index (χ1n) is 8.46. The van der Waals surface area contributed by atoms with Gasteiger partial charge in [-0.1, -0.05) is 51.9 Å². The standard InChI is InChI=1S/C16H32N2O/c1-2-3-4-5-6-7-8-9-15(18-17)14-12-13-10-11-16(14)19-13/h13-16,18H,2-12,17H2,1H3. The molecular weight excluding hydrogens is 236 g/mol. The van der Waals surface area contributed by atoms with Gasteiger partial charge < -0.3 is 4.74 Å². The largest absolute Gasteiger partial charge is 0.375 e. The molecule has 0 aromatic rings. The molecule has 0 saturated carbocycles. The second-order valence-corrected chi connectivity index (χ2v) is 6.46. The molecule has 0 aromatic carbocycles. The lowest BCUT2D eigenvalue weighted by Gasteiger charge is -2.27. The highest BCUT2D eigenvalue weighted by Crippen LogP contribution is 2.41. The Balaban J connectivity index is 1.56. The zero-order valence-electron chi connectivity index (χ0n) is 12.6. The van der Waals surface area contributed by atoms with Crippen molar-refractivity contribution in [3.63, 3.8) is 0 Å². The van der Waals surface area contributed by atoms with Crippen molar-refractivity contribution in [2.75, 3.05) is 0 Å². The van der Waals surface area contributed by atoms with Gasteiger partial charge >= 0.3 is 0 Å². The number of fused-ring (bicyclic) bond motifs is 2. The summed E-state index contributed by atoms with van der Waals surface area (Å²) < 4.78 is 5.94. The van der Waals surface area contributed by atoms with Crippen molar-refractivity contribution in [1.29, 1.82) is 0 Å². The van der Waals surface area contributed by atoms with Crippen molar-refractivity contribution in [1.82, 2.24) is 5.43 Å². The van der Waals surface area contributed by atoms with Crippen LogP contribution in [0, 0.1) is 5.92 Å². The molecule has 19 heavy (non-hydrogen) atoms. The number of hydrazine groups is 1. The SMILES string of the molecule is CCCCCCCCCC(NN)C1CC2CCC1O2. The molecule has 0 aromatic heterocycles.